The summed E-state index contributed by atoms with van der Waals surface area (Å²) in [5, 5.41) is 9.08. The lowest BCUT2D eigenvalue weighted by Crippen LogP contribution is -2.27. The Kier molecular flexibility index (Phi) is 11.0. The van der Waals surface area contributed by atoms with Gasteiger partial charge < -0.3 is 10.6 Å². The zero-order valence-corrected chi connectivity index (χ0v) is 25.2. The van der Waals surface area contributed by atoms with E-state index in [0.717, 1.165) is 13.1 Å². The Hall–Kier alpha value is -0.320. The van der Waals surface area contributed by atoms with Crippen LogP contribution in [0.15, 0.2) is 24.3 Å². The second-order valence-corrected chi connectivity index (χ2v) is 21.1. The number of nitrogens with one attached hydrogen (secondary N) is 2. The van der Waals surface area contributed by atoms with Crippen molar-refractivity contribution in [3.8, 4) is 0 Å². The zero-order valence-electron chi connectivity index (χ0n) is 23.4. The van der Waals surface area contributed by atoms with E-state index in [1.165, 1.54) is 36.5 Å². The third-order valence-electron chi connectivity index (χ3n) is 5.91. The highest BCUT2D eigenvalue weighted by atomic mass is 31.1. The fourth-order valence-corrected chi connectivity index (χ4v) is 12.7. The SMILES string of the molecule is CC(C)(C)P(CCCNc1ccccc1NCCCP(C(C)(C)C)C(C)(C)C)C(C)(C)C. The summed E-state index contributed by atoms with van der Waals surface area (Å²) < 4.78 is 0. The number of hydrogen-bond donors (Lipinski definition) is 2. The van der Waals surface area contributed by atoms with Crippen LogP contribution < -0.4 is 10.6 Å². The van der Waals surface area contributed by atoms with Crippen molar-refractivity contribution in [1.29, 1.82) is 0 Å². The number of hydrogen-bond acceptors (Lipinski definition) is 2. The first-order chi connectivity index (χ1) is 14.4. The van der Waals surface area contributed by atoms with Crippen molar-refractivity contribution < 1.29 is 0 Å². The van der Waals surface area contributed by atoms with Crippen LogP contribution in [0.25, 0.3) is 0 Å². The van der Waals surface area contributed by atoms with Gasteiger partial charge in [-0.05, 0) is 57.9 Å². The molecular formula is C28H54N2P2. The lowest BCUT2D eigenvalue weighted by molar-refractivity contribution is 0.699. The van der Waals surface area contributed by atoms with Crippen LogP contribution in [0.1, 0.15) is 95.9 Å². The predicted octanol–water partition coefficient (Wildman–Crippen LogP) is 9.45. The van der Waals surface area contributed by atoms with E-state index in [-0.39, 0.29) is 15.8 Å². The summed E-state index contributed by atoms with van der Waals surface area (Å²) in [6.07, 6.45) is 5.12. The van der Waals surface area contributed by atoms with Crippen LogP contribution in [-0.2, 0) is 0 Å². The Balaban J connectivity index is 2.59. The first-order valence-corrected chi connectivity index (χ1v) is 15.6. The van der Waals surface area contributed by atoms with E-state index in [4.69, 9.17) is 0 Å². The molecule has 0 atom stereocenters. The fourth-order valence-electron chi connectivity index (χ4n) is 5.07. The van der Waals surface area contributed by atoms with E-state index in [0.29, 0.717) is 20.6 Å². The van der Waals surface area contributed by atoms with Gasteiger partial charge in [-0.15, -0.1) is 0 Å². The van der Waals surface area contributed by atoms with Crippen molar-refractivity contribution in [1.82, 2.24) is 0 Å². The van der Waals surface area contributed by atoms with Crippen LogP contribution >= 0.6 is 15.8 Å². The van der Waals surface area contributed by atoms with Crippen molar-refractivity contribution in [3.63, 3.8) is 0 Å². The van der Waals surface area contributed by atoms with E-state index in [1.54, 1.807) is 0 Å². The Labute approximate surface area is 204 Å². The minimum absolute atomic E-state index is 0.0222. The average molecular weight is 481 g/mol. The van der Waals surface area contributed by atoms with E-state index >= 15 is 0 Å². The lowest BCUT2D eigenvalue weighted by atomic mass is 10.2. The lowest BCUT2D eigenvalue weighted by Gasteiger charge is -2.42. The molecule has 0 aromatic heterocycles. The Bertz CT molecular complexity index is 585. The monoisotopic (exact) mass is 480 g/mol. The molecule has 0 heterocycles. The van der Waals surface area contributed by atoms with Gasteiger partial charge in [0.15, 0.2) is 0 Å². The summed E-state index contributed by atoms with van der Waals surface area (Å²) in [6, 6.07) is 8.72. The summed E-state index contributed by atoms with van der Waals surface area (Å²) in [7, 11) is -0.0444. The van der Waals surface area contributed by atoms with E-state index in [1.807, 2.05) is 0 Å². The highest BCUT2D eigenvalue weighted by molar-refractivity contribution is 7.61. The summed E-state index contributed by atoms with van der Waals surface area (Å²) in [4.78, 5) is 0. The number of para-hydroxylation sites is 2. The van der Waals surface area contributed by atoms with Crippen molar-refractivity contribution in [3.05, 3.63) is 24.3 Å². The maximum absolute atomic E-state index is 3.72. The van der Waals surface area contributed by atoms with Gasteiger partial charge in [-0.25, -0.2) is 0 Å². The van der Waals surface area contributed by atoms with Gasteiger partial charge >= 0.3 is 0 Å². The predicted molar refractivity (Wildman–Crippen MR) is 155 cm³/mol. The fraction of sp³-hybridized carbons (Fsp3) is 0.786. The Morgan fingerprint density at radius 3 is 1.06 bits per heavy atom. The molecule has 1 aromatic rings. The summed E-state index contributed by atoms with van der Waals surface area (Å²) in [5.41, 5.74) is 2.49. The molecule has 0 spiro atoms. The van der Waals surface area contributed by atoms with Crippen LogP contribution in [0, 0.1) is 0 Å². The quantitative estimate of drug-likeness (QED) is 0.257. The first kappa shape index (κ1) is 29.7. The van der Waals surface area contributed by atoms with Crippen LogP contribution in [0.4, 0.5) is 11.4 Å². The summed E-state index contributed by atoms with van der Waals surface area (Å²) >= 11 is 0. The van der Waals surface area contributed by atoms with Gasteiger partial charge in [0, 0.05) is 13.1 Å². The van der Waals surface area contributed by atoms with Crippen molar-refractivity contribution in [2.75, 3.05) is 36.0 Å². The highest BCUT2D eigenvalue weighted by Crippen LogP contribution is 2.60. The molecule has 1 aromatic carbocycles. The maximum atomic E-state index is 3.72. The molecule has 0 radical (unpaired) electrons. The second-order valence-electron chi connectivity index (χ2n) is 13.1. The van der Waals surface area contributed by atoms with Gasteiger partial charge in [0.1, 0.15) is 0 Å². The van der Waals surface area contributed by atoms with Crippen LogP contribution in [0.3, 0.4) is 0 Å². The third-order valence-corrected chi connectivity index (χ3v) is 13.9. The first-order valence-electron chi connectivity index (χ1n) is 12.6. The van der Waals surface area contributed by atoms with E-state index < -0.39 is 0 Å². The standard InChI is InChI=1S/C28H54N2P2/c1-25(2,3)31(26(4,5)6)21-15-19-29-23-17-13-14-18-24(23)30-20-16-22-32(27(7,8)9)28(10,11)12/h13-14,17-18,29-30H,15-16,19-22H2,1-12H3. The molecule has 2 N–H and O–H groups in total. The molecule has 4 heteroatoms. The molecule has 186 valence electrons. The van der Waals surface area contributed by atoms with Gasteiger partial charge in [-0.2, -0.15) is 0 Å². The molecule has 1 rings (SSSR count). The Morgan fingerprint density at radius 2 is 0.812 bits per heavy atom. The maximum Gasteiger partial charge on any atom is 0.0575 e. The number of rotatable bonds is 10. The van der Waals surface area contributed by atoms with Gasteiger partial charge in [0.05, 0.1) is 11.4 Å². The van der Waals surface area contributed by atoms with Gasteiger partial charge in [0.2, 0.25) is 0 Å². The van der Waals surface area contributed by atoms with E-state index in [9.17, 15) is 0 Å². The Morgan fingerprint density at radius 1 is 0.531 bits per heavy atom. The molecule has 0 aliphatic carbocycles. The molecule has 32 heavy (non-hydrogen) atoms. The molecule has 0 aliphatic rings. The average Bonchev–Trinajstić information content (AvgIpc) is 2.57. The summed E-state index contributed by atoms with van der Waals surface area (Å²) in [5.74, 6) is 0. The van der Waals surface area contributed by atoms with Crippen LogP contribution in [0.2, 0.25) is 0 Å². The summed E-state index contributed by atoms with van der Waals surface area (Å²) in [6.45, 7) is 31.1. The van der Waals surface area contributed by atoms with Gasteiger partial charge in [-0.1, -0.05) is 111 Å². The van der Waals surface area contributed by atoms with E-state index in [2.05, 4.69) is 118 Å². The van der Waals surface area contributed by atoms with Crippen molar-refractivity contribution in [2.24, 2.45) is 0 Å². The molecule has 0 bridgehead atoms. The minimum Gasteiger partial charge on any atom is -0.383 e. The van der Waals surface area contributed by atoms with Gasteiger partial charge in [0.25, 0.3) is 0 Å². The topological polar surface area (TPSA) is 24.1 Å². The second kappa shape index (κ2) is 11.9. The number of benzene rings is 1. The smallest absolute Gasteiger partial charge is 0.0575 e. The van der Waals surface area contributed by atoms with Crippen molar-refractivity contribution >= 4 is 27.2 Å². The van der Waals surface area contributed by atoms with Crippen LogP contribution in [0.5, 0.6) is 0 Å². The molecule has 0 saturated heterocycles. The normalized spacial score (nSPS) is 13.7. The minimum atomic E-state index is -0.0222. The molecule has 0 saturated carbocycles. The van der Waals surface area contributed by atoms with Crippen molar-refractivity contribution in [2.45, 2.75) is 117 Å². The molecule has 2 nitrogen and oxygen atoms in total. The molecule has 0 unspecified atom stereocenters. The van der Waals surface area contributed by atoms with Crippen LogP contribution in [-0.4, -0.2) is 46.0 Å². The third kappa shape index (κ3) is 10.3. The van der Waals surface area contributed by atoms with Gasteiger partial charge in [-0.3, -0.25) is 0 Å². The molecule has 0 fully saturated rings. The zero-order chi connectivity index (χ0) is 24.8. The number of anilines is 2. The largest absolute Gasteiger partial charge is 0.383 e. The highest BCUT2D eigenvalue weighted by Gasteiger charge is 2.34. The molecule has 0 amide bonds. The molecular weight excluding hydrogens is 426 g/mol. The molecule has 0 aliphatic heterocycles.